The first kappa shape index (κ1) is 18.6. The maximum Gasteiger partial charge on any atom is 0.301 e. The van der Waals surface area contributed by atoms with E-state index in [1.54, 1.807) is 25.1 Å². The van der Waals surface area contributed by atoms with Gasteiger partial charge in [-0.2, -0.15) is 5.10 Å². The summed E-state index contributed by atoms with van der Waals surface area (Å²) in [6.07, 6.45) is 0. The van der Waals surface area contributed by atoms with Gasteiger partial charge < -0.3 is 9.47 Å². The van der Waals surface area contributed by atoms with Crippen LogP contribution in [0.3, 0.4) is 0 Å². The van der Waals surface area contributed by atoms with Gasteiger partial charge in [0.15, 0.2) is 0 Å². The zero-order valence-electron chi connectivity index (χ0n) is 14.3. The van der Waals surface area contributed by atoms with E-state index in [1.807, 2.05) is 0 Å². The zero-order chi connectivity index (χ0) is 19.3. The Balaban J connectivity index is 2.37. The lowest BCUT2D eigenvalue weighted by Crippen LogP contribution is -2.04. The molecule has 0 atom stereocenters. The minimum Gasteiger partial charge on any atom is -0.497 e. The summed E-state index contributed by atoms with van der Waals surface area (Å²) in [6.45, 7) is 1.68. The summed E-state index contributed by atoms with van der Waals surface area (Å²) in [6, 6.07) is 8.41. The lowest BCUT2D eigenvalue weighted by Gasteiger charge is -2.10. The van der Waals surface area contributed by atoms with Crippen LogP contribution < -0.4 is 14.9 Å². The number of nitrogens with zero attached hydrogens (tertiary/aromatic N) is 3. The van der Waals surface area contributed by atoms with Crippen molar-refractivity contribution in [3.8, 4) is 11.5 Å². The standard InChI is InChI=1S/C16H16N4O6/c1-10(13-9-12(25-2)5-7-16(13)26-3)17-18-14-6-4-11(19(21)22)8-15(14)20(23)24/h4-9,18H,1-3H3/b17-10+. The van der Waals surface area contributed by atoms with Gasteiger partial charge in [0.2, 0.25) is 0 Å². The number of non-ortho nitro benzene ring substituents is 1. The molecule has 0 aliphatic carbocycles. The number of methoxy groups -OCH3 is 2. The van der Waals surface area contributed by atoms with Gasteiger partial charge in [0, 0.05) is 11.6 Å². The van der Waals surface area contributed by atoms with E-state index < -0.39 is 15.5 Å². The van der Waals surface area contributed by atoms with Gasteiger partial charge in [-0.25, -0.2) is 0 Å². The molecule has 26 heavy (non-hydrogen) atoms. The molecule has 0 radical (unpaired) electrons. The van der Waals surface area contributed by atoms with Crippen LogP contribution in [0.1, 0.15) is 12.5 Å². The zero-order valence-corrected chi connectivity index (χ0v) is 14.3. The average Bonchev–Trinajstić information content (AvgIpc) is 2.65. The summed E-state index contributed by atoms with van der Waals surface area (Å²) in [7, 11) is 3.03. The lowest BCUT2D eigenvalue weighted by atomic mass is 10.1. The van der Waals surface area contributed by atoms with Crippen LogP contribution >= 0.6 is 0 Å². The summed E-state index contributed by atoms with van der Waals surface area (Å²) in [4.78, 5) is 20.5. The molecular weight excluding hydrogens is 344 g/mol. The lowest BCUT2D eigenvalue weighted by molar-refractivity contribution is -0.393. The van der Waals surface area contributed by atoms with Gasteiger partial charge in [0.25, 0.3) is 5.69 Å². The Labute approximate surface area is 148 Å². The van der Waals surface area contributed by atoms with Crippen molar-refractivity contribution in [1.29, 1.82) is 0 Å². The van der Waals surface area contributed by atoms with E-state index in [1.165, 1.54) is 20.3 Å². The minimum atomic E-state index is -0.716. The average molecular weight is 360 g/mol. The van der Waals surface area contributed by atoms with Crippen molar-refractivity contribution < 1.29 is 19.3 Å². The SMILES string of the molecule is COc1ccc(OC)c(/C(C)=N/Nc2ccc([N+](=O)[O-])cc2[N+](=O)[O-])c1. The van der Waals surface area contributed by atoms with Crippen molar-refractivity contribution in [1.82, 2.24) is 0 Å². The molecule has 0 saturated heterocycles. The summed E-state index contributed by atoms with van der Waals surface area (Å²) in [5.74, 6) is 1.14. The number of hydrazone groups is 1. The van der Waals surface area contributed by atoms with Crippen molar-refractivity contribution in [2.45, 2.75) is 6.92 Å². The number of nitro groups is 2. The summed E-state index contributed by atoms with van der Waals surface area (Å²) >= 11 is 0. The van der Waals surface area contributed by atoms with Gasteiger partial charge >= 0.3 is 5.69 Å². The molecule has 10 nitrogen and oxygen atoms in total. The van der Waals surface area contributed by atoms with E-state index in [2.05, 4.69) is 10.5 Å². The van der Waals surface area contributed by atoms with Crippen LogP contribution in [0.15, 0.2) is 41.5 Å². The topological polar surface area (TPSA) is 129 Å². The maximum absolute atomic E-state index is 11.2. The molecule has 0 unspecified atom stereocenters. The molecule has 136 valence electrons. The van der Waals surface area contributed by atoms with Crippen LogP contribution in [0, 0.1) is 20.2 Å². The molecule has 0 bridgehead atoms. The molecule has 0 aromatic heterocycles. The molecule has 0 spiro atoms. The van der Waals surface area contributed by atoms with Crippen LogP contribution in [-0.2, 0) is 0 Å². The van der Waals surface area contributed by atoms with Crippen molar-refractivity contribution in [2.24, 2.45) is 5.10 Å². The Bertz CT molecular complexity index is 881. The Morgan fingerprint density at radius 1 is 1.04 bits per heavy atom. The molecule has 0 saturated carbocycles. The second-order valence-electron chi connectivity index (χ2n) is 5.09. The van der Waals surface area contributed by atoms with Crippen molar-refractivity contribution >= 4 is 22.8 Å². The van der Waals surface area contributed by atoms with Crippen molar-refractivity contribution in [3.05, 3.63) is 62.2 Å². The van der Waals surface area contributed by atoms with Gasteiger partial charge in [-0.15, -0.1) is 0 Å². The first-order chi connectivity index (χ1) is 12.4. The van der Waals surface area contributed by atoms with E-state index in [0.29, 0.717) is 22.8 Å². The smallest absolute Gasteiger partial charge is 0.301 e. The number of anilines is 1. The summed E-state index contributed by atoms with van der Waals surface area (Å²) < 4.78 is 10.4. The predicted octanol–water partition coefficient (Wildman–Crippen LogP) is 3.36. The number of benzene rings is 2. The molecule has 0 heterocycles. The molecule has 0 aliphatic rings. The molecule has 10 heteroatoms. The number of nitrogens with one attached hydrogen (secondary N) is 1. The normalized spacial score (nSPS) is 11.0. The highest BCUT2D eigenvalue weighted by molar-refractivity contribution is 6.02. The molecule has 0 fully saturated rings. The second kappa shape index (κ2) is 7.92. The van der Waals surface area contributed by atoms with E-state index in [0.717, 1.165) is 12.1 Å². The maximum atomic E-state index is 11.2. The number of hydrogen-bond acceptors (Lipinski definition) is 8. The molecule has 1 N–H and O–H groups in total. The molecule has 2 rings (SSSR count). The van der Waals surface area contributed by atoms with Gasteiger partial charge in [-0.3, -0.25) is 25.7 Å². The first-order valence-electron chi connectivity index (χ1n) is 7.33. The van der Waals surface area contributed by atoms with Gasteiger partial charge in [-0.1, -0.05) is 0 Å². The number of ether oxygens (including phenoxy) is 2. The van der Waals surface area contributed by atoms with Crippen LogP contribution in [0.4, 0.5) is 17.1 Å². The van der Waals surface area contributed by atoms with Gasteiger partial charge in [0.1, 0.15) is 17.2 Å². The monoisotopic (exact) mass is 360 g/mol. The molecule has 2 aromatic carbocycles. The highest BCUT2D eigenvalue weighted by Gasteiger charge is 2.19. The third-order valence-corrected chi connectivity index (χ3v) is 3.53. The number of hydrogen-bond donors (Lipinski definition) is 1. The number of nitro benzene ring substituents is 2. The fourth-order valence-electron chi connectivity index (χ4n) is 2.18. The third-order valence-electron chi connectivity index (χ3n) is 3.53. The fourth-order valence-corrected chi connectivity index (χ4v) is 2.18. The number of rotatable bonds is 7. The summed E-state index contributed by atoms with van der Waals surface area (Å²) in [5, 5.41) is 26.1. The molecule has 0 aliphatic heterocycles. The van der Waals surface area contributed by atoms with E-state index in [-0.39, 0.29) is 11.4 Å². The Morgan fingerprint density at radius 2 is 1.77 bits per heavy atom. The van der Waals surface area contributed by atoms with Crippen LogP contribution in [0.2, 0.25) is 0 Å². The predicted molar refractivity (Wildman–Crippen MR) is 95.1 cm³/mol. The van der Waals surface area contributed by atoms with Crippen molar-refractivity contribution in [2.75, 3.05) is 19.6 Å². The van der Waals surface area contributed by atoms with Crippen LogP contribution in [0.5, 0.6) is 11.5 Å². The largest absolute Gasteiger partial charge is 0.497 e. The minimum absolute atomic E-state index is 0.0295. The van der Waals surface area contributed by atoms with Crippen molar-refractivity contribution in [3.63, 3.8) is 0 Å². The highest BCUT2D eigenvalue weighted by atomic mass is 16.6. The van der Waals surface area contributed by atoms with E-state index in [9.17, 15) is 20.2 Å². The fraction of sp³-hybridized carbons (Fsp3) is 0.188. The molecular formula is C16H16N4O6. The Hall–Kier alpha value is -3.69. The Morgan fingerprint density at radius 3 is 2.35 bits per heavy atom. The van der Waals surface area contributed by atoms with E-state index >= 15 is 0 Å². The van der Waals surface area contributed by atoms with E-state index in [4.69, 9.17) is 9.47 Å². The van der Waals surface area contributed by atoms with Crippen LogP contribution in [0.25, 0.3) is 0 Å². The van der Waals surface area contributed by atoms with Gasteiger partial charge in [0.05, 0.1) is 35.8 Å². The second-order valence-corrected chi connectivity index (χ2v) is 5.09. The first-order valence-corrected chi connectivity index (χ1v) is 7.33. The van der Waals surface area contributed by atoms with Crippen LogP contribution in [-0.4, -0.2) is 29.8 Å². The quantitative estimate of drug-likeness (QED) is 0.455. The highest BCUT2D eigenvalue weighted by Crippen LogP contribution is 2.29. The molecule has 2 aromatic rings. The Kier molecular flexibility index (Phi) is 5.68. The summed E-state index contributed by atoms with van der Waals surface area (Å²) in [5.41, 5.74) is 2.89. The van der Waals surface area contributed by atoms with Gasteiger partial charge in [-0.05, 0) is 31.2 Å². The third kappa shape index (κ3) is 4.04. The molecule has 0 amide bonds.